The Hall–Kier alpha value is -0.570. The molecule has 2 aliphatic heterocycles. The van der Waals surface area contributed by atoms with Gasteiger partial charge >= 0.3 is 0 Å². The molecule has 1 amide bonds. The highest BCUT2D eigenvalue weighted by atomic mass is 16.2. The van der Waals surface area contributed by atoms with E-state index in [4.69, 9.17) is 0 Å². The van der Waals surface area contributed by atoms with Crippen molar-refractivity contribution in [1.29, 1.82) is 0 Å². The zero-order chi connectivity index (χ0) is 12.8. The summed E-state index contributed by atoms with van der Waals surface area (Å²) in [6.07, 6.45) is 9.70. The number of hydrogen-bond acceptors (Lipinski definition) is 2. The van der Waals surface area contributed by atoms with E-state index in [0.29, 0.717) is 5.91 Å². The molecule has 0 aromatic heterocycles. The molecular weight excluding hydrogens is 224 g/mol. The molecule has 18 heavy (non-hydrogen) atoms. The molecule has 0 bridgehead atoms. The molecule has 3 nitrogen and oxygen atoms in total. The Kier molecular flexibility index (Phi) is 5.48. The smallest absolute Gasteiger partial charge is 0.239 e. The zero-order valence-electron chi connectivity index (χ0n) is 11.8. The summed E-state index contributed by atoms with van der Waals surface area (Å²) in [7, 11) is 0. The molecule has 2 rings (SSSR count). The monoisotopic (exact) mass is 252 g/mol. The maximum atomic E-state index is 12.5. The highest BCUT2D eigenvalue weighted by Gasteiger charge is 2.26. The van der Waals surface area contributed by atoms with Gasteiger partial charge in [0, 0.05) is 13.1 Å². The van der Waals surface area contributed by atoms with Gasteiger partial charge in [0.05, 0.1) is 6.04 Å². The van der Waals surface area contributed by atoms with Crippen LogP contribution in [0.3, 0.4) is 0 Å². The molecule has 0 aromatic carbocycles. The van der Waals surface area contributed by atoms with E-state index in [1.54, 1.807) is 0 Å². The Balaban J connectivity index is 1.87. The fourth-order valence-electron chi connectivity index (χ4n) is 3.25. The highest BCUT2D eigenvalue weighted by Crippen LogP contribution is 2.21. The van der Waals surface area contributed by atoms with Gasteiger partial charge in [-0.15, -0.1) is 0 Å². The molecule has 2 atom stereocenters. The summed E-state index contributed by atoms with van der Waals surface area (Å²) in [4.78, 5) is 14.6. The maximum absolute atomic E-state index is 12.5. The largest absolute Gasteiger partial charge is 0.341 e. The van der Waals surface area contributed by atoms with E-state index in [-0.39, 0.29) is 6.04 Å². The summed E-state index contributed by atoms with van der Waals surface area (Å²) in [5.74, 6) is 1.21. The lowest BCUT2D eigenvalue weighted by molar-refractivity contribution is -0.133. The molecule has 2 unspecified atom stereocenters. The third-order valence-corrected chi connectivity index (χ3v) is 4.60. The number of amides is 1. The van der Waals surface area contributed by atoms with Crippen LogP contribution in [0.15, 0.2) is 0 Å². The highest BCUT2D eigenvalue weighted by molar-refractivity contribution is 5.81. The minimum absolute atomic E-state index is 0.102. The second-order valence-corrected chi connectivity index (χ2v) is 5.89. The number of likely N-dealkylation sites (tertiary alicyclic amines) is 1. The van der Waals surface area contributed by atoms with E-state index in [1.807, 2.05) is 0 Å². The van der Waals surface area contributed by atoms with Crippen molar-refractivity contribution in [3.63, 3.8) is 0 Å². The van der Waals surface area contributed by atoms with E-state index in [1.165, 1.54) is 44.9 Å². The minimum atomic E-state index is 0.102. The summed E-state index contributed by atoms with van der Waals surface area (Å²) < 4.78 is 0. The molecule has 0 saturated carbocycles. The fraction of sp³-hybridized carbons (Fsp3) is 0.933. The van der Waals surface area contributed by atoms with Crippen molar-refractivity contribution in [2.75, 3.05) is 19.6 Å². The predicted molar refractivity (Wildman–Crippen MR) is 74.5 cm³/mol. The maximum Gasteiger partial charge on any atom is 0.239 e. The van der Waals surface area contributed by atoms with Crippen molar-refractivity contribution < 1.29 is 4.79 Å². The van der Waals surface area contributed by atoms with Gasteiger partial charge in [-0.1, -0.05) is 26.2 Å². The van der Waals surface area contributed by atoms with Crippen LogP contribution in [0, 0.1) is 5.92 Å². The minimum Gasteiger partial charge on any atom is -0.341 e. The topological polar surface area (TPSA) is 32.3 Å². The van der Waals surface area contributed by atoms with Crippen molar-refractivity contribution in [2.45, 2.75) is 64.3 Å². The van der Waals surface area contributed by atoms with Crippen LogP contribution >= 0.6 is 0 Å². The number of carbonyl (C=O) groups excluding carboxylic acids is 1. The summed E-state index contributed by atoms with van der Waals surface area (Å²) in [5, 5.41) is 3.43. The summed E-state index contributed by atoms with van der Waals surface area (Å²) in [5.41, 5.74) is 0. The van der Waals surface area contributed by atoms with Gasteiger partial charge in [-0.2, -0.15) is 0 Å². The summed E-state index contributed by atoms with van der Waals surface area (Å²) in [6, 6.07) is 0.102. The summed E-state index contributed by atoms with van der Waals surface area (Å²) in [6.45, 7) is 5.25. The Bertz CT molecular complexity index is 259. The Labute approximate surface area is 111 Å². The van der Waals surface area contributed by atoms with Crippen molar-refractivity contribution in [1.82, 2.24) is 10.2 Å². The number of carbonyl (C=O) groups is 1. The molecule has 104 valence electrons. The second-order valence-electron chi connectivity index (χ2n) is 5.89. The van der Waals surface area contributed by atoms with Gasteiger partial charge in [0.2, 0.25) is 5.91 Å². The first kappa shape index (κ1) is 13.9. The number of hydrogen-bond donors (Lipinski definition) is 1. The quantitative estimate of drug-likeness (QED) is 0.819. The molecule has 0 aromatic rings. The van der Waals surface area contributed by atoms with E-state index in [9.17, 15) is 4.79 Å². The standard InChI is InChI=1S/C15H28N2O/c1-2-13-7-6-11-17(12-9-13)15(18)14-8-4-3-5-10-16-14/h13-14,16H,2-12H2,1H3. The van der Waals surface area contributed by atoms with Gasteiger partial charge in [0.25, 0.3) is 0 Å². The van der Waals surface area contributed by atoms with Gasteiger partial charge < -0.3 is 10.2 Å². The predicted octanol–water partition coefficient (Wildman–Crippen LogP) is 2.56. The molecular formula is C15H28N2O. The average molecular weight is 252 g/mol. The average Bonchev–Trinajstić information content (AvgIpc) is 2.80. The lowest BCUT2D eigenvalue weighted by Crippen LogP contribution is -2.46. The van der Waals surface area contributed by atoms with E-state index >= 15 is 0 Å². The second kappa shape index (κ2) is 7.13. The molecule has 2 saturated heterocycles. The van der Waals surface area contributed by atoms with Gasteiger partial charge in [0.1, 0.15) is 0 Å². The van der Waals surface area contributed by atoms with Crippen LogP contribution in [0.5, 0.6) is 0 Å². The first-order valence-corrected chi connectivity index (χ1v) is 7.83. The molecule has 2 aliphatic rings. The van der Waals surface area contributed by atoms with Crippen LogP contribution in [0.1, 0.15) is 58.3 Å². The Morgan fingerprint density at radius 2 is 2.00 bits per heavy atom. The molecule has 0 spiro atoms. The first-order chi connectivity index (χ1) is 8.81. The number of rotatable bonds is 2. The SMILES string of the molecule is CCC1CCCN(C(=O)C2CCCCCN2)CC1. The van der Waals surface area contributed by atoms with Crippen LogP contribution in [0.4, 0.5) is 0 Å². The lowest BCUT2D eigenvalue weighted by Gasteiger charge is -2.26. The number of nitrogens with one attached hydrogen (secondary N) is 1. The number of nitrogens with zero attached hydrogens (tertiary/aromatic N) is 1. The molecule has 1 N–H and O–H groups in total. The molecule has 2 heterocycles. The molecule has 0 aliphatic carbocycles. The fourth-order valence-corrected chi connectivity index (χ4v) is 3.25. The van der Waals surface area contributed by atoms with Crippen LogP contribution in [-0.2, 0) is 4.79 Å². The lowest BCUT2D eigenvalue weighted by atomic mass is 9.98. The van der Waals surface area contributed by atoms with Crippen molar-refractivity contribution in [3.8, 4) is 0 Å². The normalized spacial score (nSPS) is 30.6. The zero-order valence-corrected chi connectivity index (χ0v) is 11.8. The van der Waals surface area contributed by atoms with Crippen LogP contribution in [0.25, 0.3) is 0 Å². The van der Waals surface area contributed by atoms with Crippen LogP contribution < -0.4 is 5.32 Å². The van der Waals surface area contributed by atoms with Crippen molar-refractivity contribution in [2.24, 2.45) is 5.92 Å². The van der Waals surface area contributed by atoms with E-state index in [2.05, 4.69) is 17.1 Å². The Morgan fingerprint density at radius 3 is 2.83 bits per heavy atom. The van der Waals surface area contributed by atoms with Crippen molar-refractivity contribution in [3.05, 3.63) is 0 Å². The van der Waals surface area contributed by atoms with E-state index < -0.39 is 0 Å². The van der Waals surface area contributed by atoms with E-state index in [0.717, 1.165) is 32.0 Å². The van der Waals surface area contributed by atoms with Gasteiger partial charge in [-0.05, 0) is 44.6 Å². The van der Waals surface area contributed by atoms with Gasteiger partial charge in [-0.25, -0.2) is 0 Å². The molecule has 2 fully saturated rings. The van der Waals surface area contributed by atoms with Crippen molar-refractivity contribution >= 4 is 5.91 Å². The Morgan fingerprint density at radius 1 is 1.11 bits per heavy atom. The summed E-state index contributed by atoms with van der Waals surface area (Å²) >= 11 is 0. The molecule has 3 heteroatoms. The van der Waals surface area contributed by atoms with Crippen LogP contribution in [0.2, 0.25) is 0 Å². The third-order valence-electron chi connectivity index (χ3n) is 4.60. The van der Waals surface area contributed by atoms with Gasteiger partial charge in [-0.3, -0.25) is 4.79 Å². The van der Waals surface area contributed by atoms with Crippen LogP contribution in [-0.4, -0.2) is 36.5 Å². The first-order valence-electron chi connectivity index (χ1n) is 7.83. The third kappa shape index (κ3) is 3.71. The molecule has 0 radical (unpaired) electrons. The van der Waals surface area contributed by atoms with Gasteiger partial charge in [0.15, 0.2) is 0 Å².